The van der Waals surface area contributed by atoms with E-state index in [0.717, 1.165) is 16.1 Å². The Hall–Kier alpha value is -2.41. The van der Waals surface area contributed by atoms with Gasteiger partial charge >= 0.3 is 5.97 Å². The predicted octanol–water partition coefficient (Wildman–Crippen LogP) is 2.20. The van der Waals surface area contributed by atoms with Crippen molar-refractivity contribution in [3.05, 3.63) is 45.4 Å². The molecule has 2 aromatic rings. The molecule has 1 amide bonds. The van der Waals surface area contributed by atoms with Crippen LogP contribution in [0.4, 0.5) is 0 Å². The third-order valence-corrected chi connectivity index (χ3v) is 4.01. The van der Waals surface area contributed by atoms with Crippen LogP contribution in [0, 0.1) is 13.8 Å². The molecule has 1 aromatic carbocycles. The molecule has 0 bridgehead atoms. The Labute approximate surface area is 138 Å². The maximum atomic E-state index is 12.2. The summed E-state index contributed by atoms with van der Waals surface area (Å²) >= 11 is 1.56. The van der Waals surface area contributed by atoms with E-state index in [1.54, 1.807) is 43.5 Å². The number of nitrogens with one attached hydrogen (secondary N) is 1. The fourth-order valence-electron chi connectivity index (χ4n) is 2.20. The monoisotopic (exact) mass is 334 g/mol. The number of nitrogens with zero attached hydrogens (tertiary/aromatic N) is 1. The minimum atomic E-state index is -1.03. The van der Waals surface area contributed by atoms with Gasteiger partial charge in [0.15, 0.2) is 6.61 Å². The minimum absolute atomic E-state index is 0.169. The molecule has 0 aliphatic rings. The molecule has 0 radical (unpaired) electrons. The standard InChI is InChI=1S/C16H18N2O4S/c1-10-7-12(8-11(2)15(10)22-9-14(19)20)16(21)18-4-3-13-17-5-6-23-13/h5-8H,3-4,9H2,1-2H3,(H,18,21)(H,19,20). The second-order valence-electron chi connectivity index (χ2n) is 5.05. The van der Waals surface area contributed by atoms with Crippen LogP contribution in [-0.2, 0) is 11.2 Å². The molecule has 2 rings (SSSR count). The molecule has 0 atom stereocenters. The maximum absolute atomic E-state index is 12.2. The Bertz CT molecular complexity index is 675. The van der Waals surface area contributed by atoms with Crippen molar-refractivity contribution in [3.8, 4) is 5.75 Å². The number of ether oxygens (including phenoxy) is 1. The quantitative estimate of drug-likeness (QED) is 0.810. The van der Waals surface area contributed by atoms with Gasteiger partial charge < -0.3 is 15.2 Å². The Balaban J connectivity index is 1.98. The molecule has 7 heteroatoms. The summed E-state index contributed by atoms with van der Waals surface area (Å²) in [5.41, 5.74) is 1.99. The fraction of sp³-hybridized carbons (Fsp3) is 0.312. The van der Waals surface area contributed by atoms with Crippen LogP contribution in [0.5, 0.6) is 5.75 Å². The summed E-state index contributed by atoms with van der Waals surface area (Å²) in [5, 5.41) is 14.4. The lowest BCUT2D eigenvalue weighted by molar-refractivity contribution is -0.139. The number of carboxylic acids is 1. The lowest BCUT2D eigenvalue weighted by atomic mass is 10.1. The van der Waals surface area contributed by atoms with E-state index >= 15 is 0 Å². The highest BCUT2D eigenvalue weighted by molar-refractivity contribution is 7.09. The van der Waals surface area contributed by atoms with Crippen LogP contribution in [0.15, 0.2) is 23.7 Å². The molecule has 0 saturated carbocycles. The number of hydrogen-bond donors (Lipinski definition) is 2. The molecule has 2 N–H and O–H groups in total. The third kappa shape index (κ3) is 4.79. The normalized spacial score (nSPS) is 10.3. The molecule has 0 unspecified atom stereocenters. The van der Waals surface area contributed by atoms with E-state index < -0.39 is 12.6 Å². The van der Waals surface area contributed by atoms with Gasteiger partial charge in [0.05, 0.1) is 5.01 Å². The molecule has 1 heterocycles. The number of aliphatic carboxylic acids is 1. The van der Waals surface area contributed by atoms with Crippen molar-refractivity contribution in [1.82, 2.24) is 10.3 Å². The number of benzene rings is 1. The molecular weight excluding hydrogens is 316 g/mol. The molecule has 0 spiro atoms. The number of carboxylic acid groups (broad SMARTS) is 1. The lowest BCUT2D eigenvalue weighted by Crippen LogP contribution is -2.26. The molecule has 1 aromatic heterocycles. The van der Waals surface area contributed by atoms with Gasteiger partial charge in [0.2, 0.25) is 0 Å². The molecule has 122 valence electrons. The van der Waals surface area contributed by atoms with Crippen LogP contribution >= 0.6 is 11.3 Å². The van der Waals surface area contributed by atoms with Crippen LogP contribution < -0.4 is 10.1 Å². The first-order chi connectivity index (χ1) is 11.0. The summed E-state index contributed by atoms with van der Waals surface area (Å²) in [6.07, 6.45) is 2.44. The first-order valence-electron chi connectivity index (χ1n) is 7.09. The largest absolute Gasteiger partial charge is 0.481 e. The predicted molar refractivity (Wildman–Crippen MR) is 87.2 cm³/mol. The average Bonchev–Trinajstić information content (AvgIpc) is 2.99. The molecule has 0 fully saturated rings. The van der Waals surface area contributed by atoms with Crippen LogP contribution in [-0.4, -0.2) is 35.1 Å². The Kier molecular flexibility index (Phi) is 5.70. The first kappa shape index (κ1) is 17.0. The van der Waals surface area contributed by atoms with Crippen molar-refractivity contribution in [2.24, 2.45) is 0 Å². The van der Waals surface area contributed by atoms with Crippen LogP contribution in [0.2, 0.25) is 0 Å². The number of carbonyl (C=O) groups excluding carboxylic acids is 1. The van der Waals surface area contributed by atoms with Crippen molar-refractivity contribution in [2.45, 2.75) is 20.3 Å². The SMILES string of the molecule is Cc1cc(C(=O)NCCc2nccs2)cc(C)c1OCC(=O)O. The second-order valence-corrected chi connectivity index (χ2v) is 6.03. The van der Waals surface area contributed by atoms with E-state index in [-0.39, 0.29) is 5.91 Å². The van der Waals surface area contributed by atoms with Crippen molar-refractivity contribution in [2.75, 3.05) is 13.2 Å². The van der Waals surface area contributed by atoms with E-state index in [9.17, 15) is 9.59 Å². The van der Waals surface area contributed by atoms with E-state index in [1.165, 1.54) is 0 Å². The highest BCUT2D eigenvalue weighted by atomic mass is 32.1. The van der Waals surface area contributed by atoms with Crippen molar-refractivity contribution < 1.29 is 19.4 Å². The number of carbonyl (C=O) groups is 2. The number of aromatic nitrogens is 1. The zero-order chi connectivity index (χ0) is 16.8. The number of rotatable bonds is 7. The zero-order valence-corrected chi connectivity index (χ0v) is 13.8. The van der Waals surface area contributed by atoms with Gasteiger partial charge in [0.25, 0.3) is 5.91 Å². The average molecular weight is 334 g/mol. The van der Waals surface area contributed by atoms with Gasteiger partial charge in [-0.1, -0.05) is 0 Å². The Morgan fingerprint density at radius 1 is 1.30 bits per heavy atom. The van der Waals surface area contributed by atoms with Gasteiger partial charge in [0.1, 0.15) is 5.75 Å². The van der Waals surface area contributed by atoms with Gasteiger partial charge in [-0.3, -0.25) is 4.79 Å². The van der Waals surface area contributed by atoms with E-state index in [2.05, 4.69) is 10.3 Å². The summed E-state index contributed by atoms with van der Waals surface area (Å²) in [7, 11) is 0. The number of aryl methyl sites for hydroxylation is 2. The van der Waals surface area contributed by atoms with E-state index in [4.69, 9.17) is 9.84 Å². The summed E-state index contributed by atoms with van der Waals surface area (Å²) in [4.78, 5) is 26.9. The molecule has 6 nitrogen and oxygen atoms in total. The number of amides is 1. The van der Waals surface area contributed by atoms with Crippen molar-refractivity contribution in [1.29, 1.82) is 0 Å². The fourth-order valence-corrected chi connectivity index (χ4v) is 2.82. The van der Waals surface area contributed by atoms with Crippen LogP contribution in [0.1, 0.15) is 26.5 Å². The Morgan fingerprint density at radius 2 is 2.00 bits per heavy atom. The summed E-state index contributed by atoms with van der Waals surface area (Å²) in [6, 6.07) is 3.39. The molecule has 0 aliphatic heterocycles. The van der Waals surface area contributed by atoms with Gasteiger partial charge in [-0.05, 0) is 37.1 Å². The number of hydrogen-bond acceptors (Lipinski definition) is 5. The smallest absolute Gasteiger partial charge is 0.341 e. The minimum Gasteiger partial charge on any atom is -0.481 e. The summed E-state index contributed by atoms with van der Waals surface area (Å²) < 4.78 is 5.26. The van der Waals surface area contributed by atoms with Crippen molar-refractivity contribution in [3.63, 3.8) is 0 Å². The van der Waals surface area contributed by atoms with E-state index in [0.29, 0.717) is 24.3 Å². The zero-order valence-electron chi connectivity index (χ0n) is 13.0. The number of thiazole rings is 1. The topological polar surface area (TPSA) is 88.5 Å². The van der Waals surface area contributed by atoms with Gasteiger partial charge in [-0.2, -0.15) is 0 Å². The van der Waals surface area contributed by atoms with Crippen molar-refractivity contribution >= 4 is 23.2 Å². The summed E-state index contributed by atoms with van der Waals surface area (Å²) in [6.45, 7) is 3.69. The highest BCUT2D eigenvalue weighted by Crippen LogP contribution is 2.24. The van der Waals surface area contributed by atoms with Gasteiger partial charge in [-0.25, -0.2) is 9.78 Å². The lowest BCUT2D eigenvalue weighted by Gasteiger charge is -2.13. The maximum Gasteiger partial charge on any atom is 0.341 e. The molecular formula is C16H18N2O4S. The van der Waals surface area contributed by atoms with Gasteiger partial charge in [0, 0.05) is 30.1 Å². The summed E-state index contributed by atoms with van der Waals surface area (Å²) in [5.74, 6) is -0.697. The van der Waals surface area contributed by atoms with Gasteiger partial charge in [-0.15, -0.1) is 11.3 Å². The molecule has 0 aliphatic carbocycles. The van der Waals surface area contributed by atoms with E-state index in [1.807, 2.05) is 5.38 Å². The van der Waals surface area contributed by atoms with Crippen LogP contribution in [0.25, 0.3) is 0 Å². The first-order valence-corrected chi connectivity index (χ1v) is 7.97. The Morgan fingerprint density at radius 3 is 2.57 bits per heavy atom. The highest BCUT2D eigenvalue weighted by Gasteiger charge is 2.12. The third-order valence-electron chi connectivity index (χ3n) is 3.17. The molecule has 23 heavy (non-hydrogen) atoms. The second kappa shape index (κ2) is 7.73. The molecule has 0 saturated heterocycles. The van der Waals surface area contributed by atoms with Crippen LogP contribution in [0.3, 0.4) is 0 Å².